The fourth-order valence-electron chi connectivity index (χ4n) is 2.81. The zero-order valence-corrected chi connectivity index (χ0v) is 16.0. The summed E-state index contributed by atoms with van der Waals surface area (Å²) >= 11 is 5.25. The third kappa shape index (κ3) is 4.04. The molecule has 0 aromatic heterocycles. The van der Waals surface area contributed by atoms with Gasteiger partial charge < -0.3 is 29.0 Å². The molecule has 8 nitrogen and oxygen atoms in total. The van der Waals surface area contributed by atoms with Crippen molar-refractivity contribution in [2.24, 2.45) is 5.10 Å². The maximum Gasteiger partial charge on any atom is 0.231 e. The van der Waals surface area contributed by atoms with E-state index < -0.39 is 0 Å². The van der Waals surface area contributed by atoms with Crippen LogP contribution < -0.4 is 34.4 Å². The first-order valence-electron chi connectivity index (χ1n) is 8.66. The van der Waals surface area contributed by atoms with Crippen molar-refractivity contribution < 1.29 is 23.7 Å². The largest absolute Gasteiger partial charge is 0.493 e. The highest BCUT2D eigenvalue weighted by atomic mass is 32.1. The first-order chi connectivity index (χ1) is 13.7. The monoisotopic (exact) mass is 401 g/mol. The van der Waals surface area contributed by atoms with Crippen LogP contribution >= 0.6 is 12.2 Å². The Bertz CT molecular complexity index is 901. The Morgan fingerprint density at radius 2 is 1.96 bits per heavy atom. The summed E-state index contributed by atoms with van der Waals surface area (Å²) in [4.78, 5) is 0. The van der Waals surface area contributed by atoms with Crippen LogP contribution in [0.15, 0.2) is 35.4 Å². The normalized spacial score (nSPS) is 14.0. The van der Waals surface area contributed by atoms with Crippen molar-refractivity contribution in [1.82, 2.24) is 10.7 Å². The highest BCUT2D eigenvalue weighted by Crippen LogP contribution is 2.40. The van der Waals surface area contributed by atoms with E-state index in [4.69, 9.17) is 35.9 Å². The summed E-state index contributed by atoms with van der Waals surface area (Å²) in [6.07, 6.45) is 1.63. The highest BCUT2D eigenvalue weighted by molar-refractivity contribution is 7.80. The molecule has 0 unspecified atom stereocenters. The van der Waals surface area contributed by atoms with Crippen molar-refractivity contribution in [1.29, 1.82) is 0 Å². The van der Waals surface area contributed by atoms with Gasteiger partial charge in [-0.1, -0.05) is 6.07 Å². The molecule has 2 heterocycles. The van der Waals surface area contributed by atoms with Crippen molar-refractivity contribution in [3.05, 3.63) is 41.5 Å². The number of ether oxygens (including phenoxy) is 5. The number of hydrazone groups is 1. The molecule has 0 aliphatic carbocycles. The van der Waals surface area contributed by atoms with Gasteiger partial charge in [0.15, 0.2) is 28.1 Å². The Labute approximate surface area is 167 Å². The number of hydrogen-bond donors (Lipinski definition) is 2. The minimum Gasteiger partial charge on any atom is -0.493 e. The average Bonchev–Trinajstić information content (AvgIpc) is 3.19. The topological polar surface area (TPSA) is 82.6 Å². The van der Waals surface area contributed by atoms with E-state index in [1.165, 1.54) is 0 Å². The minimum atomic E-state index is 0.255. The average molecular weight is 401 g/mol. The van der Waals surface area contributed by atoms with Crippen molar-refractivity contribution in [2.75, 3.05) is 27.1 Å². The second-order valence-electron chi connectivity index (χ2n) is 5.99. The van der Waals surface area contributed by atoms with Gasteiger partial charge in [0.2, 0.25) is 12.5 Å². The Morgan fingerprint density at radius 3 is 2.86 bits per heavy atom. The third-order valence-electron chi connectivity index (χ3n) is 4.12. The molecule has 4 rings (SSSR count). The number of benzene rings is 2. The van der Waals surface area contributed by atoms with Crippen LogP contribution in [0.1, 0.15) is 11.1 Å². The SMILES string of the molecule is COc1cc(/C=N\NC(=S)NCc2ccc3c(c2)OCO3)cc2c1OCCO2. The predicted octanol–water partition coefficient (Wildman–Crippen LogP) is 2.19. The van der Waals surface area contributed by atoms with Crippen molar-refractivity contribution in [3.8, 4) is 28.7 Å². The fourth-order valence-corrected chi connectivity index (χ4v) is 2.93. The summed E-state index contributed by atoms with van der Waals surface area (Å²) in [5, 5.41) is 7.65. The van der Waals surface area contributed by atoms with E-state index in [9.17, 15) is 0 Å². The van der Waals surface area contributed by atoms with Gasteiger partial charge >= 0.3 is 0 Å². The zero-order chi connectivity index (χ0) is 19.3. The van der Waals surface area contributed by atoms with E-state index in [-0.39, 0.29) is 6.79 Å². The summed E-state index contributed by atoms with van der Waals surface area (Å²) < 4.78 is 27.2. The Balaban J connectivity index is 1.32. The standard InChI is InChI=1S/C19H19N3O5S/c1-23-16-7-13(8-17-18(16)25-5-4-24-17)10-21-22-19(28)20-9-12-2-3-14-15(6-12)27-11-26-14/h2-3,6-8,10H,4-5,9,11H2,1H3,(H2,20,22,28)/b21-10-. The zero-order valence-electron chi connectivity index (χ0n) is 15.2. The van der Waals surface area contributed by atoms with Crippen molar-refractivity contribution in [3.63, 3.8) is 0 Å². The van der Waals surface area contributed by atoms with Gasteiger partial charge in [-0.25, -0.2) is 0 Å². The molecule has 0 saturated heterocycles. The number of methoxy groups -OCH3 is 1. The molecular weight excluding hydrogens is 382 g/mol. The van der Waals surface area contributed by atoms with E-state index in [0.717, 1.165) is 22.6 Å². The lowest BCUT2D eigenvalue weighted by Crippen LogP contribution is -2.31. The molecule has 2 aliphatic rings. The first kappa shape index (κ1) is 18.2. The van der Waals surface area contributed by atoms with Crippen LogP contribution in [-0.2, 0) is 6.54 Å². The van der Waals surface area contributed by atoms with Crippen LogP contribution in [-0.4, -0.2) is 38.4 Å². The molecule has 0 bridgehead atoms. The van der Waals surface area contributed by atoms with Crippen LogP contribution in [0.4, 0.5) is 0 Å². The van der Waals surface area contributed by atoms with Crippen LogP contribution in [0.2, 0.25) is 0 Å². The predicted molar refractivity (Wildman–Crippen MR) is 107 cm³/mol. The lowest BCUT2D eigenvalue weighted by Gasteiger charge is -2.20. The lowest BCUT2D eigenvalue weighted by molar-refractivity contribution is 0.165. The van der Waals surface area contributed by atoms with Gasteiger partial charge in [-0.2, -0.15) is 5.10 Å². The Morgan fingerprint density at radius 1 is 1.11 bits per heavy atom. The molecule has 9 heteroatoms. The van der Waals surface area contributed by atoms with Gasteiger partial charge in [-0.3, -0.25) is 5.43 Å². The number of thiocarbonyl (C=S) groups is 1. The molecule has 0 radical (unpaired) electrons. The molecule has 2 aromatic carbocycles. The lowest BCUT2D eigenvalue weighted by atomic mass is 10.2. The summed E-state index contributed by atoms with van der Waals surface area (Å²) in [5.41, 5.74) is 4.61. The molecule has 2 N–H and O–H groups in total. The minimum absolute atomic E-state index is 0.255. The molecule has 146 valence electrons. The number of nitrogens with zero attached hydrogens (tertiary/aromatic N) is 1. The van der Waals surface area contributed by atoms with Gasteiger partial charge in [0.25, 0.3) is 0 Å². The van der Waals surface area contributed by atoms with Crippen LogP contribution in [0.3, 0.4) is 0 Å². The van der Waals surface area contributed by atoms with E-state index in [1.54, 1.807) is 13.3 Å². The fraction of sp³-hybridized carbons (Fsp3) is 0.263. The smallest absolute Gasteiger partial charge is 0.231 e. The molecule has 28 heavy (non-hydrogen) atoms. The van der Waals surface area contributed by atoms with Gasteiger partial charge in [-0.05, 0) is 42.0 Å². The van der Waals surface area contributed by atoms with Gasteiger partial charge in [-0.15, -0.1) is 0 Å². The van der Waals surface area contributed by atoms with Gasteiger partial charge in [0, 0.05) is 12.1 Å². The first-order valence-corrected chi connectivity index (χ1v) is 9.07. The van der Waals surface area contributed by atoms with Gasteiger partial charge in [0.1, 0.15) is 13.2 Å². The number of rotatable bonds is 5. The number of hydrogen-bond acceptors (Lipinski definition) is 7. The maximum atomic E-state index is 5.61. The van der Waals surface area contributed by atoms with Crippen LogP contribution in [0.5, 0.6) is 28.7 Å². The second-order valence-corrected chi connectivity index (χ2v) is 6.40. The van der Waals surface area contributed by atoms with Crippen molar-refractivity contribution in [2.45, 2.75) is 6.54 Å². The number of nitrogens with one attached hydrogen (secondary N) is 2. The Kier molecular flexibility index (Phi) is 5.34. The third-order valence-corrected chi connectivity index (χ3v) is 4.36. The molecule has 2 aliphatic heterocycles. The molecule has 0 saturated carbocycles. The molecule has 0 amide bonds. The summed E-state index contributed by atoms with van der Waals surface area (Å²) in [7, 11) is 1.59. The maximum absolute atomic E-state index is 5.61. The molecule has 0 spiro atoms. The molecule has 0 fully saturated rings. The number of fused-ring (bicyclic) bond motifs is 2. The summed E-state index contributed by atoms with van der Waals surface area (Å²) in [6, 6.07) is 9.41. The van der Waals surface area contributed by atoms with Crippen LogP contribution in [0.25, 0.3) is 0 Å². The van der Waals surface area contributed by atoms with E-state index in [1.807, 2.05) is 30.3 Å². The van der Waals surface area contributed by atoms with E-state index in [0.29, 0.717) is 42.1 Å². The quantitative estimate of drug-likeness (QED) is 0.448. The van der Waals surface area contributed by atoms with E-state index >= 15 is 0 Å². The Hall–Kier alpha value is -3.20. The second kappa shape index (κ2) is 8.22. The van der Waals surface area contributed by atoms with Gasteiger partial charge in [0.05, 0.1) is 13.3 Å². The van der Waals surface area contributed by atoms with Crippen molar-refractivity contribution >= 4 is 23.5 Å². The van der Waals surface area contributed by atoms with E-state index in [2.05, 4.69) is 15.8 Å². The summed E-state index contributed by atoms with van der Waals surface area (Å²) in [6.45, 7) is 1.80. The molecule has 2 aromatic rings. The molecular formula is C19H19N3O5S. The van der Waals surface area contributed by atoms with Crippen LogP contribution in [0, 0.1) is 0 Å². The summed E-state index contributed by atoms with van der Waals surface area (Å²) in [5.74, 6) is 3.34. The molecule has 0 atom stereocenters. The highest BCUT2D eigenvalue weighted by Gasteiger charge is 2.18.